The first-order valence-corrected chi connectivity index (χ1v) is 20.0. The molecule has 14 heteroatoms. The van der Waals surface area contributed by atoms with Gasteiger partial charge in [-0.25, -0.2) is 26.3 Å². The van der Waals surface area contributed by atoms with Gasteiger partial charge >= 0.3 is 6.11 Å². The van der Waals surface area contributed by atoms with Crippen molar-refractivity contribution in [3.63, 3.8) is 0 Å². The van der Waals surface area contributed by atoms with E-state index in [0.29, 0.717) is 37.5 Å². The van der Waals surface area contributed by atoms with Gasteiger partial charge in [-0.2, -0.15) is 17.6 Å². The topological polar surface area (TPSA) is 36.9 Å². The van der Waals surface area contributed by atoms with Crippen LogP contribution in [0.4, 0.5) is 43.9 Å². The van der Waals surface area contributed by atoms with Crippen molar-refractivity contribution in [1.29, 1.82) is 0 Å². The summed E-state index contributed by atoms with van der Waals surface area (Å²) in [6, 6.07) is 7.11. The fourth-order valence-electron chi connectivity index (χ4n) is 8.04. The molecule has 4 aromatic carbocycles. The zero-order valence-electron chi connectivity index (χ0n) is 32.7. The first-order valence-electron chi connectivity index (χ1n) is 20.0. The van der Waals surface area contributed by atoms with Crippen LogP contribution in [-0.4, -0.2) is 19.8 Å². The number of ether oxygens (including phenoxy) is 4. The number of hydrogen-bond acceptors (Lipinski definition) is 4. The van der Waals surface area contributed by atoms with Gasteiger partial charge in [-0.05, 0) is 123 Å². The maximum Gasteiger partial charge on any atom is 0.432 e. The van der Waals surface area contributed by atoms with Gasteiger partial charge in [0, 0.05) is 23.8 Å². The quantitative estimate of drug-likeness (QED) is 0.0832. The number of hydrogen-bond donors (Lipinski definition) is 0. The van der Waals surface area contributed by atoms with Crippen LogP contribution >= 0.6 is 0 Å². The molecule has 1 unspecified atom stereocenters. The average molecular weight is 841 g/mol. The minimum atomic E-state index is -4.80. The van der Waals surface area contributed by atoms with Gasteiger partial charge in [0.15, 0.2) is 29.0 Å². The molecule has 1 atom stereocenters. The zero-order valence-corrected chi connectivity index (χ0v) is 32.7. The molecule has 2 aliphatic carbocycles. The lowest BCUT2D eigenvalue weighted by Gasteiger charge is -2.37. The van der Waals surface area contributed by atoms with Crippen LogP contribution in [0.3, 0.4) is 0 Å². The van der Waals surface area contributed by atoms with E-state index in [1.54, 1.807) is 0 Å². The molecule has 4 nitrogen and oxygen atoms in total. The van der Waals surface area contributed by atoms with Gasteiger partial charge in [0.25, 0.3) is 0 Å². The molecule has 0 amide bonds. The summed E-state index contributed by atoms with van der Waals surface area (Å²) >= 11 is 0. The second-order valence-corrected chi connectivity index (χ2v) is 16.0. The second-order valence-electron chi connectivity index (χ2n) is 16.0. The highest BCUT2D eigenvalue weighted by Crippen LogP contribution is 2.42. The smallest absolute Gasteiger partial charge is 0.432 e. The maximum absolute atomic E-state index is 15.1. The van der Waals surface area contributed by atoms with Crippen LogP contribution < -0.4 is 18.9 Å². The third-order valence-electron chi connectivity index (χ3n) is 11.6. The van der Waals surface area contributed by atoms with Gasteiger partial charge in [-0.3, -0.25) is 0 Å². The predicted octanol–water partition coefficient (Wildman–Crippen LogP) is 13.5. The average Bonchev–Trinajstić information content (AvgIpc) is 3.18. The van der Waals surface area contributed by atoms with Crippen LogP contribution in [-0.2, 0) is 6.11 Å². The number of rotatable bonds is 16. The number of benzene rings is 4. The molecular formula is C45H46F10O4. The van der Waals surface area contributed by atoms with Crippen molar-refractivity contribution in [1.82, 2.24) is 0 Å². The Bertz CT molecular complexity index is 2010. The largest absolute Gasteiger partial charge is 0.493 e. The van der Waals surface area contributed by atoms with Gasteiger partial charge < -0.3 is 18.9 Å². The van der Waals surface area contributed by atoms with E-state index in [-0.39, 0.29) is 54.1 Å². The predicted molar refractivity (Wildman–Crippen MR) is 200 cm³/mol. The van der Waals surface area contributed by atoms with E-state index in [0.717, 1.165) is 55.6 Å². The summed E-state index contributed by atoms with van der Waals surface area (Å²) in [7, 11) is 0. The summed E-state index contributed by atoms with van der Waals surface area (Å²) in [5, 5.41) is 0. The summed E-state index contributed by atoms with van der Waals surface area (Å²) < 4.78 is 165. The summed E-state index contributed by atoms with van der Waals surface area (Å²) in [5.74, 6) is -11.5. The van der Waals surface area contributed by atoms with Crippen LogP contribution in [0.15, 0.2) is 54.6 Å². The molecular weight excluding hydrogens is 794 g/mol. The summed E-state index contributed by atoms with van der Waals surface area (Å²) in [4.78, 5) is 0. The van der Waals surface area contributed by atoms with Crippen LogP contribution in [0.5, 0.6) is 23.0 Å². The highest BCUT2D eigenvalue weighted by molar-refractivity contribution is 5.66. The number of halogens is 10. The Labute approximate surface area is 336 Å². The van der Waals surface area contributed by atoms with Gasteiger partial charge in [0.2, 0.25) is 11.6 Å². The Kier molecular flexibility index (Phi) is 14.3. The van der Waals surface area contributed by atoms with Crippen LogP contribution in [0.2, 0.25) is 0 Å². The fraction of sp³-hybridized carbons (Fsp3) is 0.467. The second kappa shape index (κ2) is 19.2. The first kappa shape index (κ1) is 43.9. The lowest BCUT2D eigenvalue weighted by atomic mass is 9.69. The van der Waals surface area contributed by atoms with E-state index >= 15 is 4.39 Å². The highest BCUT2D eigenvalue weighted by atomic mass is 19.3. The SMILES string of the molecule is CC(CCOc1ccc(-c2cc(F)c(C(F)(F)Oc3cc(F)c(F)c(F)c3)c(F)c2)c(F)c1)CCOc1ccc(OCC2CCC(C3CCC(C)CC3)CC2)c(F)c1F. The van der Waals surface area contributed by atoms with Gasteiger partial charge in [-0.15, -0.1) is 0 Å². The normalized spacial score (nSPS) is 20.3. The number of alkyl halides is 2. The van der Waals surface area contributed by atoms with E-state index in [1.165, 1.54) is 43.9 Å². The van der Waals surface area contributed by atoms with Crippen molar-refractivity contribution in [2.45, 2.75) is 84.2 Å². The Morgan fingerprint density at radius 2 is 1.10 bits per heavy atom. The Balaban J connectivity index is 0.932. The molecule has 0 saturated heterocycles. The molecule has 0 radical (unpaired) electrons. The summed E-state index contributed by atoms with van der Waals surface area (Å²) in [5.41, 5.74) is -2.73. The minimum Gasteiger partial charge on any atom is -0.493 e. The maximum atomic E-state index is 15.1. The monoisotopic (exact) mass is 840 g/mol. The summed E-state index contributed by atoms with van der Waals surface area (Å²) in [6.07, 6.45) is 5.74. The van der Waals surface area contributed by atoms with Crippen molar-refractivity contribution in [2.75, 3.05) is 19.8 Å². The molecule has 0 aliphatic heterocycles. The molecule has 0 bridgehead atoms. The summed E-state index contributed by atoms with van der Waals surface area (Å²) in [6.45, 7) is 4.75. The highest BCUT2D eigenvalue weighted by Gasteiger charge is 2.42. The Morgan fingerprint density at radius 3 is 1.68 bits per heavy atom. The standard InChI is InChI=1S/C45H46F10O4/c1-25-3-7-28(8-4-25)29-9-5-27(6-10-29)24-58-40-14-13-39(43(52)44(40)53)57-18-16-26(2)15-17-56-31-11-12-33(34(46)21-31)30-19-35(47)41(36(48)20-30)45(54,55)59-32-22-37(49)42(51)38(50)23-32/h11-14,19-23,25-29H,3-10,15-18,24H2,1-2H3. The fourth-order valence-corrected chi connectivity index (χ4v) is 8.04. The molecule has 2 saturated carbocycles. The van der Waals surface area contributed by atoms with Crippen LogP contribution in [0, 0.1) is 76.1 Å². The van der Waals surface area contributed by atoms with Gasteiger partial charge in [-0.1, -0.05) is 26.7 Å². The molecule has 0 aromatic heterocycles. The zero-order chi connectivity index (χ0) is 42.4. The van der Waals surface area contributed by atoms with E-state index in [4.69, 9.17) is 14.2 Å². The van der Waals surface area contributed by atoms with E-state index in [2.05, 4.69) is 11.7 Å². The molecule has 6 rings (SSSR count). The van der Waals surface area contributed by atoms with Crippen molar-refractivity contribution in [3.05, 3.63) is 107 Å². The van der Waals surface area contributed by atoms with Gasteiger partial charge in [0.1, 0.15) is 34.5 Å². The molecule has 0 N–H and O–H groups in total. The first-order chi connectivity index (χ1) is 28.1. The Morgan fingerprint density at radius 1 is 0.576 bits per heavy atom. The van der Waals surface area contributed by atoms with Crippen LogP contribution in [0.1, 0.15) is 83.6 Å². The lowest BCUT2D eigenvalue weighted by molar-refractivity contribution is -0.189. The third-order valence-corrected chi connectivity index (χ3v) is 11.6. The third kappa shape index (κ3) is 11.0. The molecule has 59 heavy (non-hydrogen) atoms. The van der Waals surface area contributed by atoms with Crippen LogP contribution in [0.25, 0.3) is 11.1 Å². The molecule has 2 aliphatic rings. The van der Waals surface area contributed by atoms with Gasteiger partial charge in [0.05, 0.1) is 19.8 Å². The lowest BCUT2D eigenvalue weighted by Crippen LogP contribution is -2.27. The van der Waals surface area contributed by atoms with E-state index in [1.807, 2.05) is 6.92 Å². The van der Waals surface area contributed by atoms with E-state index in [9.17, 15) is 39.5 Å². The van der Waals surface area contributed by atoms with E-state index < -0.39 is 69.5 Å². The van der Waals surface area contributed by atoms with Crippen molar-refractivity contribution >= 4 is 0 Å². The minimum absolute atomic E-state index is 0.0147. The molecule has 0 heterocycles. The van der Waals surface area contributed by atoms with Crippen molar-refractivity contribution in [3.8, 4) is 34.1 Å². The molecule has 2 fully saturated rings. The Hall–Kier alpha value is -4.62. The van der Waals surface area contributed by atoms with Crippen molar-refractivity contribution in [2.24, 2.45) is 29.6 Å². The molecule has 320 valence electrons. The molecule has 0 spiro atoms. The molecule has 4 aromatic rings. The van der Waals surface area contributed by atoms with Crippen molar-refractivity contribution < 1.29 is 62.9 Å².